The van der Waals surface area contributed by atoms with Gasteiger partial charge in [-0.25, -0.2) is 0 Å². The molecule has 0 aliphatic carbocycles. The summed E-state index contributed by atoms with van der Waals surface area (Å²) < 4.78 is 0. The summed E-state index contributed by atoms with van der Waals surface area (Å²) in [5.74, 6) is 0. The summed E-state index contributed by atoms with van der Waals surface area (Å²) in [6.45, 7) is 0. The van der Waals surface area contributed by atoms with Gasteiger partial charge in [-0.2, -0.15) is 0 Å². The van der Waals surface area contributed by atoms with E-state index >= 15 is 0 Å². The van der Waals surface area contributed by atoms with Gasteiger partial charge in [0.15, 0.2) is 0 Å². The molecule has 0 spiro atoms. The highest BCUT2D eigenvalue weighted by atomic mass is 32.2. The van der Waals surface area contributed by atoms with Gasteiger partial charge in [0, 0.05) is 48.8 Å². The Bertz CT molecular complexity index is 2200. The summed E-state index contributed by atoms with van der Waals surface area (Å²) in [6.07, 6.45) is 0. The molecule has 0 atom stereocenters. The first kappa shape index (κ1) is 28.9. The highest BCUT2D eigenvalue weighted by molar-refractivity contribution is 8.00. The molecule has 230 valence electrons. The van der Waals surface area contributed by atoms with Crippen LogP contribution in [0.1, 0.15) is 0 Å². The van der Waals surface area contributed by atoms with Gasteiger partial charge in [0.2, 0.25) is 0 Å². The average molecular weight is 725 g/mol. The lowest BCUT2D eigenvalue weighted by Gasteiger charge is -2.31. The molecule has 4 aromatic heterocycles. The molecule has 2 aliphatic rings. The molecule has 0 saturated carbocycles. The second-order valence-corrected chi connectivity index (χ2v) is 17.8. The molecule has 0 amide bonds. The van der Waals surface area contributed by atoms with Crippen molar-refractivity contribution in [3.05, 3.63) is 146 Å². The largest absolute Gasteiger partial charge is 0.300 e. The molecule has 0 saturated heterocycles. The van der Waals surface area contributed by atoms with Crippen molar-refractivity contribution in [1.29, 1.82) is 0 Å². The molecule has 48 heavy (non-hydrogen) atoms. The van der Waals surface area contributed by atoms with Crippen molar-refractivity contribution in [1.82, 2.24) is 0 Å². The fraction of sp³-hybridized carbons (Fsp3) is 0. The summed E-state index contributed by atoms with van der Waals surface area (Å²) >= 11 is 11.2. The first-order valence-corrected chi connectivity index (χ1v) is 20.4. The smallest absolute Gasteiger partial charge is 0.101 e. The van der Waals surface area contributed by atoms with Crippen molar-refractivity contribution in [2.75, 3.05) is 9.80 Å². The van der Waals surface area contributed by atoms with Crippen LogP contribution in [0, 0.1) is 0 Å². The van der Waals surface area contributed by atoms with Crippen molar-refractivity contribution in [3.63, 3.8) is 0 Å². The molecule has 0 fully saturated rings. The Hall–Kier alpha value is -4.02. The molecular formula is C40H24N2S6. The van der Waals surface area contributed by atoms with Gasteiger partial charge in [-0.05, 0) is 97.1 Å². The van der Waals surface area contributed by atoms with E-state index in [-0.39, 0.29) is 0 Å². The first-order valence-electron chi connectivity index (χ1n) is 15.5. The van der Waals surface area contributed by atoms with Crippen LogP contribution < -0.4 is 9.80 Å². The van der Waals surface area contributed by atoms with Crippen molar-refractivity contribution in [3.8, 4) is 29.3 Å². The molecular weight excluding hydrogens is 701 g/mol. The fourth-order valence-electron chi connectivity index (χ4n) is 6.25. The van der Waals surface area contributed by atoms with E-state index < -0.39 is 0 Å². The van der Waals surface area contributed by atoms with E-state index in [1.807, 2.05) is 68.9 Å². The molecule has 0 radical (unpaired) electrons. The first-order chi connectivity index (χ1) is 23.8. The number of anilines is 6. The Kier molecular flexibility index (Phi) is 7.14. The fourth-order valence-corrected chi connectivity index (χ4v) is 12.7. The second-order valence-electron chi connectivity index (χ2n) is 11.3. The maximum absolute atomic E-state index is 2.42. The number of thiophene rings is 4. The van der Waals surface area contributed by atoms with E-state index in [1.165, 1.54) is 81.6 Å². The topological polar surface area (TPSA) is 6.48 Å². The van der Waals surface area contributed by atoms with Crippen molar-refractivity contribution >= 4 is 102 Å². The van der Waals surface area contributed by atoms with Gasteiger partial charge >= 0.3 is 0 Å². The van der Waals surface area contributed by atoms with Crippen LogP contribution in [-0.4, -0.2) is 0 Å². The van der Waals surface area contributed by atoms with Crippen molar-refractivity contribution < 1.29 is 0 Å². The molecule has 2 nitrogen and oxygen atoms in total. The van der Waals surface area contributed by atoms with E-state index in [0.717, 1.165) is 0 Å². The lowest BCUT2D eigenvalue weighted by molar-refractivity contribution is 1.18. The maximum Gasteiger partial charge on any atom is 0.101 e. The average Bonchev–Trinajstić information content (AvgIpc) is 3.96. The molecule has 8 aromatic rings. The minimum atomic E-state index is 1.24. The van der Waals surface area contributed by atoms with Crippen LogP contribution in [0.3, 0.4) is 0 Å². The van der Waals surface area contributed by atoms with Gasteiger partial charge in [0.05, 0.1) is 22.7 Å². The molecule has 6 heterocycles. The molecule has 8 heteroatoms. The molecule has 4 aromatic carbocycles. The van der Waals surface area contributed by atoms with Gasteiger partial charge in [-0.1, -0.05) is 72.1 Å². The third-order valence-electron chi connectivity index (χ3n) is 8.43. The third-order valence-corrected chi connectivity index (χ3v) is 15.6. The summed E-state index contributed by atoms with van der Waals surface area (Å²) in [5.41, 5.74) is 4.99. The Morgan fingerprint density at radius 1 is 0.271 bits per heavy atom. The van der Waals surface area contributed by atoms with Gasteiger partial charge in [-0.15, -0.1) is 45.3 Å². The second kappa shape index (κ2) is 11.8. The monoisotopic (exact) mass is 724 g/mol. The minimum absolute atomic E-state index is 1.24. The van der Waals surface area contributed by atoms with Crippen molar-refractivity contribution in [2.45, 2.75) is 19.6 Å². The third kappa shape index (κ3) is 4.90. The highest BCUT2D eigenvalue weighted by Gasteiger charge is 2.27. The zero-order chi connectivity index (χ0) is 31.6. The van der Waals surface area contributed by atoms with Gasteiger partial charge in [-0.3, -0.25) is 9.80 Å². The highest BCUT2D eigenvalue weighted by Crippen LogP contribution is 2.55. The Morgan fingerprint density at radius 2 is 0.542 bits per heavy atom. The van der Waals surface area contributed by atoms with Crippen LogP contribution in [0.4, 0.5) is 32.8 Å². The Balaban J connectivity index is 0.934. The normalized spacial score (nSPS) is 13.2. The van der Waals surface area contributed by atoms with Crippen LogP contribution in [-0.2, 0) is 0 Å². The number of hydrogen-bond acceptors (Lipinski definition) is 8. The lowest BCUT2D eigenvalue weighted by atomic mass is 10.2. The van der Waals surface area contributed by atoms with E-state index in [2.05, 4.69) is 155 Å². The number of fused-ring (bicyclic) bond motifs is 4. The van der Waals surface area contributed by atoms with Gasteiger partial charge in [0.1, 0.15) is 10.0 Å². The van der Waals surface area contributed by atoms with E-state index in [4.69, 9.17) is 0 Å². The van der Waals surface area contributed by atoms with E-state index in [1.54, 1.807) is 0 Å². The standard InChI is InChI=1S/C40H24N2S6/c1-5-13-29-25(9-1)41(26-10-2-6-14-30(26)43-29)39-23-21-37(47-39)35-19-17-33(45-35)34-18-20-36(46-34)38-22-24-40(48-38)42-27-11-3-7-15-31(27)44-32-16-8-4-12-28(32)42/h1-24H. The number of rotatable bonds is 5. The predicted molar refractivity (Wildman–Crippen MR) is 212 cm³/mol. The Morgan fingerprint density at radius 3 is 0.875 bits per heavy atom. The van der Waals surface area contributed by atoms with Crippen LogP contribution in [0.25, 0.3) is 29.3 Å². The zero-order valence-corrected chi connectivity index (χ0v) is 30.1. The van der Waals surface area contributed by atoms with Gasteiger partial charge in [0.25, 0.3) is 0 Å². The summed E-state index contributed by atoms with van der Waals surface area (Å²) in [7, 11) is 0. The zero-order valence-electron chi connectivity index (χ0n) is 25.2. The van der Waals surface area contributed by atoms with Crippen LogP contribution in [0.5, 0.6) is 0 Å². The number of para-hydroxylation sites is 4. The van der Waals surface area contributed by atoms with Crippen LogP contribution >= 0.6 is 68.9 Å². The maximum atomic E-state index is 2.42. The SMILES string of the molecule is c1ccc2c(c1)Sc1ccccc1N2c1ccc(-c2ccc(-c3ccc(-c4ccc(N5c6ccccc6Sc6ccccc65)s4)s3)s2)s1. The summed E-state index contributed by atoms with van der Waals surface area (Å²) in [5, 5.41) is 2.48. The minimum Gasteiger partial charge on any atom is -0.300 e. The van der Waals surface area contributed by atoms with Crippen molar-refractivity contribution in [2.24, 2.45) is 0 Å². The molecule has 0 bridgehead atoms. The summed E-state index contributed by atoms with van der Waals surface area (Å²) in [6, 6.07) is 53.1. The summed E-state index contributed by atoms with van der Waals surface area (Å²) in [4.78, 5) is 17.9. The predicted octanol–water partition coefficient (Wildman–Crippen LogP) is 14.8. The molecule has 10 rings (SSSR count). The Labute approximate surface area is 303 Å². The van der Waals surface area contributed by atoms with Gasteiger partial charge < -0.3 is 0 Å². The van der Waals surface area contributed by atoms with Crippen LogP contribution in [0.2, 0.25) is 0 Å². The number of benzene rings is 4. The quantitative estimate of drug-likeness (QED) is 0.174. The number of nitrogens with zero attached hydrogens (tertiary/aromatic N) is 2. The van der Waals surface area contributed by atoms with Crippen LogP contribution in [0.15, 0.2) is 165 Å². The molecule has 0 unspecified atom stereocenters. The van der Waals surface area contributed by atoms with E-state index in [9.17, 15) is 0 Å². The lowest BCUT2D eigenvalue weighted by Crippen LogP contribution is -2.13. The number of hydrogen-bond donors (Lipinski definition) is 0. The molecule has 0 N–H and O–H groups in total. The molecule has 2 aliphatic heterocycles. The van der Waals surface area contributed by atoms with E-state index in [0.29, 0.717) is 0 Å².